The lowest BCUT2D eigenvalue weighted by Gasteiger charge is -2.09. The fourth-order valence-electron chi connectivity index (χ4n) is 2.50. The topological polar surface area (TPSA) is 76.4 Å². The number of hydrogen-bond donors (Lipinski definition) is 2. The van der Waals surface area contributed by atoms with Gasteiger partial charge >= 0.3 is 0 Å². The van der Waals surface area contributed by atoms with Gasteiger partial charge in [-0.2, -0.15) is 5.10 Å². The first-order valence-electron chi connectivity index (χ1n) is 7.82. The average Bonchev–Trinajstić information content (AvgIpc) is 3.12. The van der Waals surface area contributed by atoms with Gasteiger partial charge in [0.2, 0.25) is 0 Å². The second-order valence-corrected chi connectivity index (χ2v) is 5.63. The second kappa shape index (κ2) is 7.19. The van der Waals surface area contributed by atoms with E-state index in [9.17, 15) is 9.90 Å². The highest BCUT2D eigenvalue weighted by Gasteiger charge is 2.13. The van der Waals surface area contributed by atoms with Crippen molar-refractivity contribution in [1.82, 2.24) is 9.78 Å². The molecule has 0 spiro atoms. The van der Waals surface area contributed by atoms with Gasteiger partial charge in [-0.3, -0.25) is 4.79 Å². The maximum atomic E-state index is 12.4. The van der Waals surface area contributed by atoms with Crippen LogP contribution in [0.3, 0.4) is 0 Å². The van der Waals surface area contributed by atoms with Crippen molar-refractivity contribution in [3.63, 3.8) is 0 Å². The summed E-state index contributed by atoms with van der Waals surface area (Å²) in [5.41, 5.74) is 3.46. The lowest BCUT2D eigenvalue weighted by molar-refractivity contribution is 0.102. The van der Waals surface area contributed by atoms with Gasteiger partial charge in [0.25, 0.3) is 5.91 Å². The molecule has 2 aromatic carbocycles. The summed E-state index contributed by atoms with van der Waals surface area (Å²) in [6.45, 7) is 1.90. The Balaban J connectivity index is 1.83. The van der Waals surface area contributed by atoms with E-state index in [4.69, 9.17) is 4.74 Å². The highest BCUT2D eigenvalue weighted by Crippen LogP contribution is 2.23. The van der Waals surface area contributed by atoms with Crippen LogP contribution in [0.5, 0.6) is 5.75 Å². The summed E-state index contributed by atoms with van der Waals surface area (Å²) in [5.74, 6) is 0.358. The number of carbonyl (C=O) groups is 1. The third kappa shape index (κ3) is 3.70. The highest BCUT2D eigenvalue weighted by molar-refractivity contribution is 6.02. The lowest BCUT2D eigenvalue weighted by atomic mass is 10.2. The van der Waals surface area contributed by atoms with Gasteiger partial charge in [-0.15, -0.1) is 0 Å². The minimum absolute atomic E-state index is 0.0779. The lowest BCUT2D eigenvalue weighted by Crippen LogP contribution is -2.13. The quantitative estimate of drug-likeness (QED) is 0.750. The molecule has 0 saturated heterocycles. The van der Waals surface area contributed by atoms with E-state index in [0.717, 1.165) is 16.8 Å². The van der Waals surface area contributed by atoms with E-state index in [1.54, 1.807) is 48.3 Å². The zero-order valence-electron chi connectivity index (χ0n) is 14.1. The van der Waals surface area contributed by atoms with E-state index >= 15 is 0 Å². The van der Waals surface area contributed by atoms with Crippen molar-refractivity contribution in [2.45, 2.75) is 13.5 Å². The summed E-state index contributed by atoms with van der Waals surface area (Å²) in [5, 5.41) is 16.3. The molecule has 1 aromatic heterocycles. The van der Waals surface area contributed by atoms with Crippen LogP contribution in [0.25, 0.3) is 5.69 Å². The Morgan fingerprint density at radius 1 is 1.24 bits per heavy atom. The molecule has 1 amide bonds. The van der Waals surface area contributed by atoms with E-state index in [0.29, 0.717) is 11.4 Å². The van der Waals surface area contributed by atoms with E-state index < -0.39 is 0 Å². The number of methoxy groups -OCH3 is 1. The van der Waals surface area contributed by atoms with Crippen LogP contribution in [-0.2, 0) is 6.61 Å². The number of amides is 1. The molecule has 0 aliphatic carbocycles. The molecular weight excluding hydrogens is 318 g/mol. The number of benzene rings is 2. The van der Waals surface area contributed by atoms with Crippen molar-refractivity contribution >= 4 is 11.6 Å². The molecule has 6 heteroatoms. The first-order valence-corrected chi connectivity index (χ1v) is 7.82. The number of rotatable bonds is 5. The normalized spacial score (nSPS) is 10.5. The minimum Gasteiger partial charge on any atom is -0.494 e. The fourth-order valence-corrected chi connectivity index (χ4v) is 2.50. The van der Waals surface area contributed by atoms with E-state index in [1.165, 1.54) is 0 Å². The third-order valence-corrected chi connectivity index (χ3v) is 3.77. The Morgan fingerprint density at radius 2 is 2.08 bits per heavy atom. The van der Waals surface area contributed by atoms with Crippen molar-refractivity contribution in [1.29, 1.82) is 0 Å². The smallest absolute Gasteiger partial charge is 0.276 e. The molecule has 0 fully saturated rings. The molecule has 0 radical (unpaired) electrons. The highest BCUT2D eigenvalue weighted by atomic mass is 16.5. The first kappa shape index (κ1) is 16.7. The third-order valence-electron chi connectivity index (χ3n) is 3.77. The van der Waals surface area contributed by atoms with Crippen molar-refractivity contribution in [3.05, 3.63) is 71.5 Å². The van der Waals surface area contributed by atoms with Crippen molar-refractivity contribution in [3.8, 4) is 11.4 Å². The zero-order chi connectivity index (χ0) is 17.8. The van der Waals surface area contributed by atoms with Crippen LogP contribution in [0.2, 0.25) is 0 Å². The molecule has 2 N–H and O–H groups in total. The molecule has 3 aromatic rings. The molecule has 25 heavy (non-hydrogen) atoms. The van der Waals surface area contributed by atoms with E-state index in [1.807, 2.05) is 25.1 Å². The van der Waals surface area contributed by atoms with Crippen LogP contribution in [-0.4, -0.2) is 27.9 Å². The summed E-state index contributed by atoms with van der Waals surface area (Å²) in [6.07, 6.45) is 1.72. The molecule has 0 unspecified atom stereocenters. The molecule has 0 aliphatic rings. The molecule has 1 heterocycles. The van der Waals surface area contributed by atoms with Gasteiger partial charge in [0, 0.05) is 11.9 Å². The van der Waals surface area contributed by atoms with Gasteiger partial charge in [-0.1, -0.05) is 18.2 Å². The van der Waals surface area contributed by atoms with Crippen LogP contribution in [0, 0.1) is 6.92 Å². The minimum atomic E-state index is -0.319. The molecule has 6 nitrogen and oxygen atoms in total. The molecule has 0 aliphatic heterocycles. The number of aryl methyl sites for hydroxylation is 1. The molecule has 0 bridgehead atoms. The number of nitrogens with one attached hydrogen (secondary N) is 1. The summed E-state index contributed by atoms with van der Waals surface area (Å²) in [7, 11) is 1.60. The van der Waals surface area contributed by atoms with Crippen LogP contribution in [0.15, 0.2) is 54.7 Å². The average molecular weight is 337 g/mol. The van der Waals surface area contributed by atoms with Crippen LogP contribution in [0.1, 0.15) is 21.6 Å². The number of ether oxygens (including phenoxy) is 1. The van der Waals surface area contributed by atoms with Crippen molar-refractivity contribution in [2.75, 3.05) is 12.4 Å². The van der Waals surface area contributed by atoms with Gasteiger partial charge in [0.1, 0.15) is 11.4 Å². The number of hydrogen-bond acceptors (Lipinski definition) is 4. The fraction of sp³-hybridized carbons (Fsp3) is 0.158. The van der Waals surface area contributed by atoms with Crippen LogP contribution in [0.4, 0.5) is 5.69 Å². The molecule has 128 valence electrons. The van der Waals surface area contributed by atoms with Gasteiger partial charge in [-0.25, -0.2) is 4.68 Å². The number of aliphatic hydroxyl groups is 1. The molecule has 3 rings (SSSR count). The number of aliphatic hydroxyl groups excluding tert-OH is 1. The van der Waals surface area contributed by atoms with Crippen LogP contribution < -0.4 is 10.1 Å². The van der Waals surface area contributed by atoms with Gasteiger partial charge in [-0.05, 0) is 48.4 Å². The molecular formula is C19H19N3O3. The standard InChI is InChI=1S/C19H19N3O3/c1-13-6-7-18(25-2)17(10-13)22-9-8-16(21-22)19(24)20-15-5-3-4-14(11-15)12-23/h3-11,23H,12H2,1-2H3,(H,20,24). The predicted octanol–water partition coefficient (Wildman–Crippen LogP) is 2.93. The second-order valence-electron chi connectivity index (χ2n) is 5.63. The number of aromatic nitrogens is 2. The van der Waals surface area contributed by atoms with Crippen LogP contribution >= 0.6 is 0 Å². The van der Waals surface area contributed by atoms with Crippen molar-refractivity contribution < 1.29 is 14.6 Å². The Hall–Kier alpha value is -3.12. The number of nitrogens with zero attached hydrogens (tertiary/aromatic N) is 2. The van der Waals surface area contributed by atoms with Gasteiger partial charge in [0.15, 0.2) is 5.69 Å². The summed E-state index contributed by atoms with van der Waals surface area (Å²) < 4.78 is 6.98. The van der Waals surface area contributed by atoms with E-state index in [-0.39, 0.29) is 18.2 Å². The Morgan fingerprint density at radius 3 is 2.84 bits per heavy atom. The summed E-state index contributed by atoms with van der Waals surface area (Å²) in [4.78, 5) is 12.4. The maximum absolute atomic E-state index is 12.4. The molecule has 0 saturated carbocycles. The SMILES string of the molecule is COc1ccc(C)cc1-n1ccc(C(=O)Nc2cccc(CO)c2)n1. The largest absolute Gasteiger partial charge is 0.494 e. The molecule has 0 atom stereocenters. The monoisotopic (exact) mass is 337 g/mol. The predicted molar refractivity (Wildman–Crippen MR) is 95.2 cm³/mol. The van der Waals surface area contributed by atoms with E-state index in [2.05, 4.69) is 10.4 Å². The zero-order valence-corrected chi connectivity index (χ0v) is 14.1. The Kier molecular flexibility index (Phi) is 4.81. The number of anilines is 1. The van der Waals surface area contributed by atoms with Gasteiger partial charge in [0.05, 0.1) is 13.7 Å². The Labute approximate surface area is 145 Å². The first-order chi connectivity index (χ1) is 12.1. The van der Waals surface area contributed by atoms with Gasteiger partial charge < -0.3 is 15.2 Å². The Bertz CT molecular complexity index is 902. The summed E-state index contributed by atoms with van der Waals surface area (Å²) >= 11 is 0. The summed E-state index contributed by atoms with van der Waals surface area (Å²) in [6, 6.07) is 14.5. The number of carbonyl (C=O) groups excluding carboxylic acids is 1. The van der Waals surface area contributed by atoms with Crippen molar-refractivity contribution in [2.24, 2.45) is 0 Å². The maximum Gasteiger partial charge on any atom is 0.276 e.